The monoisotopic (exact) mass is 787 g/mol. The fourth-order valence-electron chi connectivity index (χ4n) is 9.88. The van der Waals surface area contributed by atoms with Gasteiger partial charge in [0, 0.05) is 87.0 Å². The van der Waals surface area contributed by atoms with E-state index in [-0.39, 0.29) is 17.3 Å². The number of amides is 1. The topological polar surface area (TPSA) is 104 Å². The zero-order valence-electron chi connectivity index (χ0n) is 32.3. The fourth-order valence-corrected chi connectivity index (χ4v) is 11.4. The molecule has 1 amide bonds. The summed E-state index contributed by atoms with van der Waals surface area (Å²) in [5.74, 6) is 0.418. The molecule has 1 N–H and O–H groups in total. The van der Waals surface area contributed by atoms with E-state index in [9.17, 15) is 13.2 Å². The number of ether oxygens (including phenoxy) is 2. The molecular weight excluding hydrogens is 734 g/mol. The number of methoxy groups -OCH3 is 1. The van der Waals surface area contributed by atoms with Gasteiger partial charge in [0.25, 0.3) is 5.91 Å². The average molecular weight is 788 g/mol. The van der Waals surface area contributed by atoms with Crippen molar-refractivity contribution in [2.45, 2.75) is 68.6 Å². The number of carbonyl (C=O) groups excluding carboxylic acids is 1. The van der Waals surface area contributed by atoms with Crippen molar-refractivity contribution in [3.05, 3.63) is 94.8 Å². The van der Waals surface area contributed by atoms with Crippen LogP contribution in [-0.4, -0.2) is 94.6 Å². The minimum atomic E-state index is -3.97. The number of piperazine rings is 1. The number of aromatic nitrogens is 1. The van der Waals surface area contributed by atoms with E-state index in [1.807, 2.05) is 44.6 Å². The van der Waals surface area contributed by atoms with Crippen LogP contribution in [0.3, 0.4) is 0 Å². The number of nitrogens with one attached hydrogen (secondary N) is 1. The van der Waals surface area contributed by atoms with Crippen molar-refractivity contribution in [1.82, 2.24) is 14.6 Å². The Bertz CT molecular complexity index is 2020. The van der Waals surface area contributed by atoms with Crippen molar-refractivity contribution in [3.63, 3.8) is 0 Å². The molecule has 8 rings (SSSR count). The smallest absolute Gasteiger partial charge is 0.264 e. The lowest BCUT2D eigenvalue weighted by Gasteiger charge is -2.52. The second-order valence-electron chi connectivity index (χ2n) is 16.7. The number of sulfonamides is 1. The van der Waals surface area contributed by atoms with E-state index in [2.05, 4.69) is 60.8 Å². The Morgan fingerprint density at radius 1 is 1.02 bits per heavy atom. The summed E-state index contributed by atoms with van der Waals surface area (Å²) in [6.45, 7) is 10.0. The zero-order valence-corrected chi connectivity index (χ0v) is 33.8. The van der Waals surface area contributed by atoms with Crippen LogP contribution in [0.2, 0.25) is 5.02 Å². The van der Waals surface area contributed by atoms with E-state index in [0.717, 1.165) is 82.1 Å². The molecule has 12 heteroatoms. The molecule has 5 aliphatic rings. The van der Waals surface area contributed by atoms with Crippen molar-refractivity contribution in [1.29, 1.82) is 0 Å². The molecule has 2 aromatic carbocycles. The SMILES string of the molecule is CO[C@@]1(CN2CCN(c3ccncc3)CC2)/C=C\C[C@H](C)[C@@H](C)S(=O)(=O)NC(=O)c2ccc3c(c2)N(C[C@@H]2CC[C@H]21)C[C@@]1(CCCc2cc(Cl)ccc21)CO3. The van der Waals surface area contributed by atoms with E-state index < -0.39 is 26.8 Å². The second kappa shape index (κ2) is 15.4. The molecule has 3 aliphatic heterocycles. The summed E-state index contributed by atoms with van der Waals surface area (Å²) in [4.78, 5) is 25.3. The van der Waals surface area contributed by atoms with Crippen LogP contribution < -0.4 is 19.3 Å². The van der Waals surface area contributed by atoms with Crippen molar-refractivity contribution < 1.29 is 22.7 Å². The minimum Gasteiger partial charge on any atom is -0.490 e. The number of rotatable bonds is 4. The summed E-state index contributed by atoms with van der Waals surface area (Å²) in [7, 11) is -2.12. The molecule has 55 heavy (non-hydrogen) atoms. The van der Waals surface area contributed by atoms with Crippen LogP contribution in [0.15, 0.2) is 73.1 Å². The molecule has 294 valence electrons. The average Bonchev–Trinajstić information content (AvgIpc) is 3.32. The number of nitrogens with zero attached hydrogens (tertiary/aromatic N) is 4. The number of fused-ring (bicyclic) bond motifs is 4. The first-order valence-electron chi connectivity index (χ1n) is 20.0. The van der Waals surface area contributed by atoms with E-state index in [0.29, 0.717) is 36.8 Å². The van der Waals surface area contributed by atoms with Gasteiger partial charge in [-0.25, -0.2) is 13.1 Å². The molecule has 1 saturated heterocycles. The first-order valence-corrected chi connectivity index (χ1v) is 21.9. The molecule has 4 heterocycles. The zero-order chi connectivity index (χ0) is 38.4. The van der Waals surface area contributed by atoms with Gasteiger partial charge in [0.1, 0.15) is 11.4 Å². The van der Waals surface area contributed by atoms with Gasteiger partial charge in [-0.15, -0.1) is 0 Å². The Hall–Kier alpha value is -3.64. The van der Waals surface area contributed by atoms with Crippen molar-refractivity contribution in [3.8, 4) is 5.75 Å². The molecule has 3 aromatic rings. The van der Waals surface area contributed by atoms with Crippen LogP contribution in [0.5, 0.6) is 5.75 Å². The predicted octanol–water partition coefficient (Wildman–Crippen LogP) is 6.49. The van der Waals surface area contributed by atoms with Crippen LogP contribution in [0.4, 0.5) is 11.4 Å². The highest BCUT2D eigenvalue weighted by molar-refractivity contribution is 7.90. The third-order valence-electron chi connectivity index (χ3n) is 13.5. The van der Waals surface area contributed by atoms with Crippen LogP contribution in [-0.2, 0) is 26.6 Å². The molecular formula is C43H54ClN5O5S. The maximum absolute atomic E-state index is 13.7. The van der Waals surface area contributed by atoms with Crippen molar-refractivity contribution >= 4 is 38.9 Å². The van der Waals surface area contributed by atoms with Crippen LogP contribution in [0, 0.1) is 17.8 Å². The largest absolute Gasteiger partial charge is 0.490 e. The highest BCUT2D eigenvalue weighted by atomic mass is 35.5. The summed E-state index contributed by atoms with van der Waals surface area (Å²) >= 11 is 6.51. The van der Waals surface area contributed by atoms with Crippen LogP contribution >= 0.6 is 11.6 Å². The normalized spacial score (nSPS) is 31.6. The highest BCUT2D eigenvalue weighted by Gasteiger charge is 2.50. The number of pyridine rings is 1. The van der Waals surface area contributed by atoms with Crippen molar-refractivity contribution in [2.75, 3.05) is 69.3 Å². The van der Waals surface area contributed by atoms with E-state index in [1.165, 1.54) is 16.8 Å². The highest BCUT2D eigenvalue weighted by Crippen LogP contribution is 2.49. The van der Waals surface area contributed by atoms with Gasteiger partial charge >= 0.3 is 0 Å². The third-order valence-corrected chi connectivity index (χ3v) is 15.6. The molecule has 6 atom stereocenters. The number of allylic oxidation sites excluding steroid dienone is 1. The molecule has 1 saturated carbocycles. The molecule has 2 fully saturated rings. The standard InChI is InChI=1S/C43H54ClN5O5S/c1-30-6-4-17-43(53-3,28-47-20-22-48(23-21-47)36-14-18-45-19-15-36)38-11-8-34(38)26-49-27-42(16-5-7-32-24-35(44)10-12-37(32)42)29-54-40-13-9-33(25-39(40)49)41(50)46-55(51,52)31(30)2/h4,9-10,12-15,17-19,24-25,30-31,34,38H,5-8,11,16,20-23,26-29H2,1-3H3,(H,46,50)/b17-4-/t30-,31+,34-,38+,42-,43+/m0/s1. The Morgan fingerprint density at radius 2 is 1.82 bits per heavy atom. The Morgan fingerprint density at radius 3 is 2.56 bits per heavy atom. The number of anilines is 2. The van der Waals surface area contributed by atoms with Gasteiger partial charge in [-0.3, -0.25) is 14.7 Å². The molecule has 1 spiro atoms. The first kappa shape index (κ1) is 38.2. The predicted molar refractivity (Wildman–Crippen MR) is 218 cm³/mol. The lowest BCUT2D eigenvalue weighted by Crippen LogP contribution is -2.59. The number of aryl methyl sites for hydroxylation is 1. The van der Waals surface area contributed by atoms with Gasteiger partial charge in [0.05, 0.1) is 17.5 Å². The van der Waals surface area contributed by atoms with Gasteiger partial charge < -0.3 is 19.3 Å². The van der Waals surface area contributed by atoms with E-state index >= 15 is 0 Å². The number of hydrogen-bond acceptors (Lipinski definition) is 9. The van der Waals surface area contributed by atoms with Crippen molar-refractivity contribution in [2.24, 2.45) is 17.8 Å². The number of hydrogen-bond donors (Lipinski definition) is 1. The second-order valence-corrected chi connectivity index (χ2v) is 19.1. The van der Waals surface area contributed by atoms with Gasteiger partial charge in [-0.05, 0) is 117 Å². The summed E-state index contributed by atoms with van der Waals surface area (Å²) in [5, 5.41) is -0.0444. The third kappa shape index (κ3) is 7.49. The lowest BCUT2D eigenvalue weighted by molar-refractivity contribution is -0.0919. The maximum Gasteiger partial charge on any atom is 0.264 e. The van der Waals surface area contributed by atoms with Gasteiger partial charge in [0.15, 0.2) is 0 Å². The van der Waals surface area contributed by atoms with Gasteiger partial charge in [0.2, 0.25) is 10.0 Å². The van der Waals surface area contributed by atoms with E-state index in [1.54, 1.807) is 13.0 Å². The fraction of sp³-hybridized carbons (Fsp3) is 0.535. The Balaban J connectivity index is 1.16. The molecule has 0 unspecified atom stereocenters. The minimum absolute atomic E-state index is 0.231. The molecule has 2 aliphatic carbocycles. The quantitative estimate of drug-likeness (QED) is 0.298. The van der Waals surface area contributed by atoms with E-state index in [4.69, 9.17) is 21.1 Å². The number of benzene rings is 2. The first-order chi connectivity index (χ1) is 26.5. The Kier molecular flexibility index (Phi) is 10.7. The Labute approximate surface area is 331 Å². The summed E-state index contributed by atoms with van der Waals surface area (Å²) < 4.78 is 43.1. The molecule has 2 bridgehead atoms. The van der Waals surface area contributed by atoms with Gasteiger partial charge in [-0.2, -0.15) is 0 Å². The van der Waals surface area contributed by atoms with Crippen LogP contribution in [0.25, 0.3) is 0 Å². The van der Waals surface area contributed by atoms with Crippen LogP contribution in [0.1, 0.15) is 67.4 Å². The summed E-state index contributed by atoms with van der Waals surface area (Å²) in [6.07, 6.45) is 13.7. The molecule has 0 radical (unpaired) electrons. The summed E-state index contributed by atoms with van der Waals surface area (Å²) in [5.41, 5.74) is 4.03. The molecule has 10 nitrogen and oxygen atoms in total. The summed E-state index contributed by atoms with van der Waals surface area (Å²) in [6, 6.07) is 15.8. The lowest BCUT2D eigenvalue weighted by atomic mass is 9.63. The number of carbonyl (C=O) groups is 1. The van der Waals surface area contributed by atoms with Gasteiger partial charge in [-0.1, -0.05) is 36.7 Å². The maximum atomic E-state index is 13.7. The molecule has 1 aromatic heterocycles. The number of halogens is 1.